The molecule has 0 bridgehead atoms. The largest absolute Gasteiger partial charge is 0.357 e. The molecule has 0 aliphatic carbocycles. The van der Waals surface area contributed by atoms with E-state index in [2.05, 4.69) is 34.9 Å². The minimum atomic E-state index is 0.514. The van der Waals surface area contributed by atoms with Gasteiger partial charge in [0.25, 0.3) is 0 Å². The first-order valence-electron chi connectivity index (χ1n) is 6.97. The maximum absolute atomic E-state index is 5.17. The molecule has 3 nitrogen and oxygen atoms in total. The lowest BCUT2D eigenvalue weighted by atomic mass is 10.1. The van der Waals surface area contributed by atoms with Crippen LogP contribution >= 0.6 is 12.2 Å². The number of hydrogen-bond donors (Lipinski definition) is 2. The van der Waals surface area contributed by atoms with Crippen molar-refractivity contribution in [1.29, 1.82) is 0 Å². The lowest BCUT2D eigenvalue weighted by molar-refractivity contribution is 0.869. The number of aryl methyl sites for hydroxylation is 1. The molecule has 0 heterocycles. The Kier molecular flexibility index (Phi) is 5.91. The van der Waals surface area contributed by atoms with Crippen LogP contribution in [0.3, 0.4) is 0 Å². The lowest BCUT2D eigenvalue weighted by Gasteiger charge is -2.06. The summed E-state index contributed by atoms with van der Waals surface area (Å²) < 4.78 is 0. The molecule has 0 spiro atoms. The van der Waals surface area contributed by atoms with Gasteiger partial charge in [-0.25, -0.2) is 0 Å². The third-order valence-corrected chi connectivity index (χ3v) is 3.30. The molecule has 0 atom stereocenters. The highest BCUT2D eigenvalue weighted by molar-refractivity contribution is 7.80. The fourth-order valence-corrected chi connectivity index (χ4v) is 1.95. The SMILES string of the molecule is CCc1ccc(C=NNC(=S)NCc2ccccc2)cc1. The summed E-state index contributed by atoms with van der Waals surface area (Å²) in [6.07, 6.45) is 2.80. The molecule has 0 aromatic heterocycles. The van der Waals surface area contributed by atoms with Crippen molar-refractivity contribution in [2.24, 2.45) is 5.10 Å². The van der Waals surface area contributed by atoms with Gasteiger partial charge in [0.2, 0.25) is 0 Å². The van der Waals surface area contributed by atoms with Crippen LogP contribution in [0, 0.1) is 0 Å². The van der Waals surface area contributed by atoms with Crippen LogP contribution in [0.5, 0.6) is 0 Å². The van der Waals surface area contributed by atoms with Crippen molar-refractivity contribution in [2.45, 2.75) is 19.9 Å². The lowest BCUT2D eigenvalue weighted by Crippen LogP contribution is -2.31. The second kappa shape index (κ2) is 8.17. The van der Waals surface area contributed by atoms with E-state index in [9.17, 15) is 0 Å². The first-order chi connectivity index (χ1) is 10.3. The van der Waals surface area contributed by atoms with E-state index >= 15 is 0 Å². The van der Waals surface area contributed by atoms with Crippen LogP contribution < -0.4 is 10.7 Å². The summed E-state index contributed by atoms with van der Waals surface area (Å²) in [5.74, 6) is 0. The number of hydrazone groups is 1. The molecular formula is C17H19N3S. The smallest absolute Gasteiger partial charge is 0.187 e. The van der Waals surface area contributed by atoms with Gasteiger partial charge < -0.3 is 5.32 Å². The van der Waals surface area contributed by atoms with Crippen LogP contribution in [-0.4, -0.2) is 11.3 Å². The van der Waals surface area contributed by atoms with E-state index in [4.69, 9.17) is 12.2 Å². The van der Waals surface area contributed by atoms with Gasteiger partial charge in [0, 0.05) is 6.54 Å². The predicted octanol–water partition coefficient (Wildman–Crippen LogP) is 3.25. The molecule has 0 unspecified atom stereocenters. The summed E-state index contributed by atoms with van der Waals surface area (Å²) in [5, 5.41) is 7.75. The van der Waals surface area contributed by atoms with Gasteiger partial charge in [0.1, 0.15) is 0 Å². The van der Waals surface area contributed by atoms with Crippen molar-refractivity contribution in [2.75, 3.05) is 0 Å². The highest BCUT2D eigenvalue weighted by atomic mass is 32.1. The molecule has 0 saturated heterocycles. The van der Waals surface area contributed by atoms with E-state index in [0.717, 1.165) is 12.0 Å². The van der Waals surface area contributed by atoms with Gasteiger partial charge in [0.15, 0.2) is 5.11 Å². The Morgan fingerprint density at radius 3 is 2.43 bits per heavy atom. The highest BCUT2D eigenvalue weighted by Crippen LogP contribution is 2.02. The van der Waals surface area contributed by atoms with E-state index in [1.54, 1.807) is 6.21 Å². The maximum atomic E-state index is 5.17. The maximum Gasteiger partial charge on any atom is 0.187 e. The third kappa shape index (κ3) is 5.36. The highest BCUT2D eigenvalue weighted by Gasteiger charge is 1.94. The fourth-order valence-electron chi connectivity index (χ4n) is 1.82. The molecular weight excluding hydrogens is 278 g/mol. The predicted molar refractivity (Wildman–Crippen MR) is 92.4 cm³/mol. The zero-order valence-electron chi connectivity index (χ0n) is 12.0. The monoisotopic (exact) mass is 297 g/mol. The first-order valence-corrected chi connectivity index (χ1v) is 7.38. The molecule has 0 amide bonds. The number of rotatable bonds is 5. The Balaban J connectivity index is 1.76. The van der Waals surface area contributed by atoms with Gasteiger partial charge in [-0.05, 0) is 35.3 Å². The van der Waals surface area contributed by atoms with Crippen molar-refractivity contribution in [1.82, 2.24) is 10.7 Å². The molecule has 2 aromatic rings. The molecule has 108 valence electrons. The van der Waals surface area contributed by atoms with Gasteiger partial charge in [-0.1, -0.05) is 61.5 Å². The van der Waals surface area contributed by atoms with Crippen molar-refractivity contribution < 1.29 is 0 Å². The molecule has 0 radical (unpaired) electrons. The van der Waals surface area contributed by atoms with Gasteiger partial charge in [-0.2, -0.15) is 5.10 Å². The molecule has 2 aromatic carbocycles. The van der Waals surface area contributed by atoms with Crippen LogP contribution in [-0.2, 0) is 13.0 Å². The summed E-state index contributed by atoms with van der Waals surface area (Å²) in [6.45, 7) is 2.83. The van der Waals surface area contributed by atoms with Gasteiger partial charge in [0.05, 0.1) is 6.21 Å². The molecule has 2 rings (SSSR count). The minimum absolute atomic E-state index is 0.514. The van der Waals surface area contributed by atoms with Crippen LogP contribution in [0.15, 0.2) is 59.7 Å². The Hall–Kier alpha value is -2.20. The minimum Gasteiger partial charge on any atom is -0.357 e. The van der Waals surface area contributed by atoms with Crippen molar-refractivity contribution >= 4 is 23.5 Å². The summed E-state index contributed by atoms with van der Waals surface area (Å²) in [4.78, 5) is 0. The number of benzene rings is 2. The molecule has 2 N–H and O–H groups in total. The van der Waals surface area contributed by atoms with Crippen LogP contribution in [0.1, 0.15) is 23.6 Å². The topological polar surface area (TPSA) is 36.4 Å². The van der Waals surface area contributed by atoms with E-state index in [-0.39, 0.29) is 0 Å². The van der Waals surface area contributed by atoms with Crippen molar-refractivity contribution in [3.05, 3.63) is 71.3 Å². The Morgan fingerprint density at radius 1 is 1.05 bits per heavy atom. The Labute approximate surface area is 131 Å². The van der Waals surface area contributed by atoms with Gasteiger partial charge >= 0.3 is 0 Å². The number of thiocarbonyl (C=S) groups is 1. The second-order valence-electron chi connectivity index (χ2n) is 4.63. The molecule has 4 heteroatoms. The van der Waals surface area contributed by atoms with E-state index < -0.39 is 0 Å². The normalized spacial score (nSPS) is 10.5. The standard InChI is InChI=1S/C17H19N3S/c1-2-14-8-10-16(11-9-14)13-19-20-17(21)18-12-15-6-4-3-5-7-15/h3-11,13H,2,12H2,1H3,(H2,18,20,21). The summed E-state index contributed by atoms with van der Waals surface area (Å²) >= 11 is 5.17. The zero-order chi connectivity index (χ0) is 14.9. The molecule has 21 heavy (non-hydrogen) atoms. The second-order valence-corrected chi connectivity index (χ2v) is 5.04. The molecule has 0 aliphatic rings. The van der Waals surface area contributed by atoms with Crippen LogP contribution in [0.25, 0.3) is 0 Å². The third-order valence-electron chi connectivity index (χ3n) is 3.06. The quantitative estimate of drug-likeness (QED) is 0.505. The molecule has 0 fully saturated rings. The van der Waals surface area contributed by atoms with E-state index in [1.807, 2.05) is 42.5 Å². The van der Waals surface area contributed by atoms with Gasteiger partial charge in [-0.3, -0.25) is 5.43 Å². The average molecular weight is 297 g/mol. The Bertz CT molecular complexity index is 591. The summed E-state index contributed by atoms with van der Waals surface area (Å²) in [5.41, 5.74) is 6.37. The average Bonchev–Trinajstić information content (AvgIpc) is 2.54. The van der Waals surface area contributed by atoms with Crippen molar-refractivity contribution in [3.8, 4) is 0 Å². The summed E-state index contributed by atoms with van der Waals surface area (Å²) in [7, 11) is 0. The number of nitrogens with zero attached hydrogens (tertiary/aromatic N) is 1. The molecule has 0 saturated carbocycles. The van der Waals surface area contributed by atoms with E-state index in [0.29, 0.717) is 11.7 Å². The Morgan fingerprint density at radius 2 is 1.76 bits per heavy atom. The first kappa shape index (κ1) is 15.2. The zero-order valence-corrected chi connectivity index (χ0v) is 12.9. The number of nitrogens with one attached hydrogen (secondary N) is 2. The van der Waals surface area contributed by atoms with E-state index in [1.165, 1.54) is 11.1 Å². The molecule has 0 aliphatic heterocycles. The fraction of sp³-hybridized carbons (Fsp3) is 0.176. The number of hydrogen-bond acceptors (Lipinski definition) is 2. The van der Waals surface area contributed by atoms with Gasteiger partial charge in [-0.15, -0.1) is 0 Å². The van der Waals surface area contributed by atoms with Crippen LogP contribution in [0.4, 0.5) is 0 Å². The summed E-state index contributed by atoms with van der Waals surface area (Å²) in [6, 6.07) is 18.4. The van der Waals surface area contributed by atoms with Crippen molar-refractivity contribution in [3.63, 3.8) is 0 Å². The van der Waals surface area contributed by atoms with Crippen LogP contribution in [0.2, 0.25) is 0 Å².